The first-order valence-electron chi connectivity index (χ1n) is 8.69. The molecule has 0 radical (unpaired) electrons. The molecule has 0 fully saturated rings. The summed E-state index contributed by atoms with van der Waals surface area (Å²) in [4.78, 5) is 20.8. The molecule has 1 aromatic heterocycles. The standard InChI is InChI=1S/C22H14ClFN2O3/c23-16-6-9-19-20(11-16)25-12-21(26-19)29-18-7-4-15(5-8-18)22(27)28-13-14-2-1-3-17(24)10-14/h1-12H,13H2. The normalized spacial score (nSPS) is 10.7. The summed E-state index contributed by atoms with van der Waals surface area (Å²) in [5, 5.41) is 0.584. The first-order valence-corrected chi connectivity index (χ1v) is 9.06. The third kappa shape index (κ3) is 4.67. The molecule has 0 saturated heterocycles. The zero-order valence-electron chi connectivity index (χ0n) is 15.0. The van der Waals surface area contributed by atoms with Crippen LogP contribution in [-0.4, -0.2) is 15.9 Å². The number of fused-ring (bicyclic) bond motifs is 1. The van der Waals surface area contributed by atoms with Gasteiger partial charge in [0.1, 0.15) is 18.2 Å². The van der Waals surface area contributed by atoms with E-state index in [1.54, 1.807) is 54.6 Å². The fraction of sp³-hybridized carbons (Fsp3) is 0.0455. The fourth-order valence-corrected chi connectivity index (χ4v) is 2.82. The summed E-state index contributed by atoms with van der Waals surface area (Å²) in [6, 6.07) is 17.5. The molecule has 0 N–H and O–H groups in total. The van der Waals surface area contributed by atoms with Crippen molar-refractivity contribution in [3.63, 3.8) is 0 Å². The Bertz CT molecular complexity index is 1180. The van der Waals surface area contributed by atoms with Gasteiger partial charge in [-0.15, -0.1) is 0 Å². The van der Waals surface area contributed by atoms with Crippen molar-refractivity contribution >= 4 is 28.6 Å². The summed E-state index contributed by atoms with van der Waals surface area (Å²) in [7, 11) is 0. The van der Waals surface area contributed by atoms with Crippen LogP contribution in [0.4, 0.5) is 4.39 Å². The first kappa shape index (κ1) is 18.8. The Balaban J connectivity index is 1.41. The van der Waals surface area contributed by atoms with Crippen LogP contribution in [0.2, 0.25) is 5.02 Å². The minimum absolute atomic E-state index is 0.00839. The highest BCUT2D eigenvalue weighted by Crippen LogP contribution is 2.23. The van der Waals surface area contributed by atoms with Crippen LogP contribution in [0, 0.1) is 5.82 Å². The molecule has 7 heteroatoms. The van der Waals surface area contributed by atoms with Gasteiger partial charge in [0, 0.05) is 5.02 Å². The number of nitrogens with zero attached hydrogens (tertiary/aromatic N) is 2. The number of ether oxygens (including phenoxy) is 2. The van der Waals surface area contributed by atoms with Gasteiger partial charge in [-0.2, -0.15) is 0 Å². The number of carbonyl (C=O) groups is 1. The molecule has 0 bridgehead atoms. The Hall–Kier alpha value is -3.51. The summed E-state index contributed by atoms with van der Waals surface area (Å²) in [6.07, 6.45) is 1.50. The molecule has 29 heavy (non-hydrogen) atoms. The van der Waals surface area contributed by atoms with Gasteiger partial charge >= 0.3 is 5.97 Å². The molecule has 0 aliphatic rings. The quantitative estimate of drug-likeness (QED) is 0.404. The number of hydrogen-bond donors (Lipinski definition) is 0. The molecule has 1 heterocycles. The van der Waals surface area contributed by atoms with Crippen molar-refractivity contribution < 1.29 is 18.7 Å². The van der Waals surface area contributed by atoms with Gasteiger partial charge in [-0.1, -0.05) is 23.7 Å². The number of hydrogen-bond acceptors (Lipinski definition) is 5. The summed E-state index contributed by atoms with van der Waals surface area (Å²) >= 11 is 5.94. The second kappa shape index (κ2) is 8.24. The minimum atomic E-state index is -0.511. The van der Waals surface area contributed by atoms with Crippen molar-refractivity contribution in [2.45, 2.75) is 6.61 Å². The van der Waals surface area contributed by atoms with Crippen LogP contribution in [0.3, 0.4) is 0 Å². The van der Waals surface area contributed by atoms with E-state index in [9.17, 15) is 9.18 Å². The molecule has 0 atom stereocenters. The Kier molecular flexibility index (Phi) is 5.35. The lowest BCUT2D eigenvalue weighted by molar-refractivity contribution is 0.0472. The van der Waals surface area contributed by atoms with E-state index in [0.29, 0.717) is 38.8 Å². The maximum Gasteiger partial charge on any atom is 0.338 e. The molecule has 5 nitrogen and oxygen atoms in total. The van der Waals surface area contributed by atoms with Crippen molar-refractivity contribution in [2.75, 3.05) is 0 Å². The van der Waals surface area contributed by atoms with Crippen molar-refractivity contribution in [2.24, 2.45) is 0 Å². The van der Waals surface area contributed by atoms with Crippen LogP contribution in [0.15, 0.2) is 72.9 Å². The van der Waals surface area contributed by atoms with Gasteiger partial charge in [0.05, 0.1) is 22.8 Å². The van der Waals surface area contributed by atoms with E-state index < -0.39 is 5.97 Å². The maximum atomic E-state index is 13.2. The van der Waals surface area contributed by atoms with E-state index in [4.69, 9.17) is 21.1 Å². The lowest BCUT2D eigenvalue weighted by Gasteiger charge is -2.07. The van der Waals surface area contributed by atoms with E-state index in [0.717, 1.165) is 0 Å². The zero-order chi connectivity index (χ0) is 20.2. The largest absolute Gasteiger partial charge is 0.457 e. The lowest BCUT2D eigenvalue weighted by Crippen LogP contribution is -2.05. The van der Waals surface area contributed by atoms with Crippen molar-refractivity contribution in [3.05, 3.63) is 94.9 Å². The van der Waals surface area contributed by atoms with E-state index >= 15 is 0 Å². The van der Waals surface area contributed by atoms with Crippen molar-refractivity contribution in [1.29, 1.82) is 0 Å². The van der Waals surface area contributed by atoms with E-state index in [1.165, 1.54) is 18.3 Å². The number of benzene rings is 3. The van der Waals surface area contributed by atoms with E-state index in [1.807, 2.05) is 0 Å². The Labute approximate surface area is 170 Å². The van der Waals surface area contributed by atoms with E-state index in [-0.39, 0.29) is 12.4 Å². The van der Waals surface area contributed by atoms with E-state index in [2.05, 4.69) is 9.97 Å². The molecule has 3 aromatic carbocycles. The van der Waals surface area contributed by atoms with Crippen LogP contribution in [-0.2, 0) is 11.3 Å². The fourth-order valence-electron chi connectivity index (χ4n) is 2.65. The van der Waals surface area contributed by atoms with Gasteiger partial charge in [0.2, 0.25) is 5.88 Å². The minimum Gasteiger partial charge on any atom is -0.457 e. The average molecular weight is 409 g/mol. The molecular weight excluding hydrogens is 395 g/mol. The Morgan fingerprint density at radius 3 is 2.62 bits per heavy atom. The van der Waals surface area contributed by atoms with Gasteiger partial charge in [-0.3, -0.25) is 0 Å². The van der Waals surface area contributed by atoms with Crippen LogP contribution in [0.1, 0.15) is 15.9 Å². The number of halogens is 2. The third-order valence-corrected chi connectivity index (χ3v) is 4.29. The van der Waals surface area contributed by atoms with Crippen LogP contribution < -0.4 is 4.74 Å². The monoisotopic (exact) mass is 408 g/mol. The van der Waals surface area contributed by atoms with Crippen molar-refractivity contribution in [3.8, 4) is 11.6 Å². The highest BCUT2D eigenvalue weighted by atomic mass is 35.5. The molecule has 0 aliphatic carbocycles. The van der Waals surface area contributed by atoms with Gasteiger partial charge in [0.15, 0.2) is 0 Å². The summed E-state index contributed by atoms with van der Waals surface area (Å²) in [5.74, 6) is -0.0707. The predicted molar refractivity (Wildman–Crippen MR) is 107 cm³/mol. The van der Waals surface area contributed by atoms with Crippen LogP contribution in [0.5, 0.6) is 11.6 Å². The molecule has 0 saturated carbocycles. The third-order valence-electron chi connectivity index (χ3n) is 4.05. The topological polar surface area (TPSA) is 61.3 Å². The Morgan fingerprint density at radius 1 is 1.00 bits per heavy atom. The van der Waals surface area contributed by atoms with Gasteiger partial charge in [-0.05, 0) is 60.2 Å². The molecule has 4 rings (SSSR count). The van der Waals surface area contributed by atoms with Gasteiger partial charge < -0.3 is 9.47 Å². The highest BCUT2D eigenvalue weighted by Gasteiger charge is 2.09. The van der Waals surface area contributed by atoms with Gasteiger partial charge in [0.25, 0.3) is 0 Å². The van der Waals surface area contributed by atoms with Crippen LogP contribution >= 0.6 is 11.6 Å². The summed E-state index contributed by atoms with van der Waals surface area (Å²) in [6.45, 7) is -0.00839. The Morgan fingerprint density at radius 2 is 1.83 bits per heavy atom. The summed E-state index contributed by atoms with van der Waals surface area (Å²) in [5.41, 5.74) is 2.26. The van der Waals surface area contributed by atoms with Crippen molar-refractivity contribution in [1.82, 2.24) is 9.97 Å². The molecule has 144 valence electrons. The molecule has 0 spiro atoms. The SMILES string of the molecule is O=C(OCc1cccc(F)c1)c1ccc(Oc2cnc3cc(Cl)ccc3n2)cc1. The summed E-state index contributed by atoms with van der Waals surface area (Å²) < 4.78 is 24.1. The first-order chi connectivity index (χ1) is 14.1. The number of rotatable bonds is 5. The molecule has 0 amide bonds. The smallest absolute Gasteiger partial charge is 0.338 e. The number of esters is 1. The van der Waals surface area contributed by atoms with Crippen LogP contribution in [0.25, 0.3) is 11.0 Å². The average Bonchev–Trinajstić information content (AvgIpc) is 2.73. The highest BCUT2D eigenvalue weighted by molar-refractivity contribution is 6.31. The molecule has 4 aromatic rings. The maximum absolute atomic E-state index is 13.2. The number of carbonyl (C=O) groups excluding carboxylic acids is 1. The molecular formula is C22H14ClFN2O3. The number of aromatic nitrogens is 2. The lowest BCUT2D eigenvalue weighted by atomic mass is 10.2. The molecule has 0 aliphatic heterocycles. The second-order valence-corrected chi connectivity index (χ2v) is 6.61. The second-order valence-electron chi connectivity index (χ2n) is 6.17. The molecule has 0 unspecified atom stereocenters. The zero-order valence-corrected chi connectivity index (χ0v) is 15.8. The van der Waals surface area contributed by atoms with Gasteiger partial charge in [-0.25, -0.2) is 19.2 Å². The predicted octanol–water partition coefficient (Wildman–Crippen LogP) is 5.57.